The Morgan fingerprint density at radius 1 is 1.03 bits per heavy atom. The van der Waals surface area contributed by atoms with Crippen LogP contribution in [0, 0.1) is 6.92 Å². The first-order chi connectivity index (χ1) is 17.7. The van der Waals surface area contributed by atoms with E-state index in [1.807, 2.05) is 24.3 Å². The van der Waals surface area contributed by atoms with Crippen molar-refractivity contribution in [2.24, 2.45) is 0 Å². The van der Waals surface area contributed by atoms with Gasteiger partial charge in [-0.05, 0) is 43.3 Å². The molecule has 37 heavy (non-hydrogen) atoms. The van der Waals surface area contributed by atoms with E-state index in [9.17, 15) is 9.59 Å². The number of para-hydroxylation sites is 1. The summed E-state index contributed by atoms with van der Waals surface area (Å²) in [5, 5.41) is 6.90. The van der Waals surface area contributed by atoms with Gasteiger partial charge in [-0.1, -0.05) is 53.5 Å². The third kappa shape index (κ3) is 6.04. The monoisotopic (exact) mass is 537 g/mol. The Bertz CT molecular complexity index is 1460. The number of anilines is 3. The maximum absolute atomic E-state index is 13.2. The van der Waals surface area contributed by atoms with Crippen LogP contribution in [0.5, 0.6) is 5.75 Å². The molecule has 8 nitrogen and oxygen atoms in total. The molecule has 4 aromatic rings. The summed E-state index contributed by atoms with van der Waals surface area (Å²) in [6.45, 7) is 1.63. The van der Waals surface area contributed by atoms with Gasteiger partial charge in [-0.2, -0.15) is 0 Å². The highest BCUT2D eigenvalue weighted by molar-refractivity contribution is 6.36. The van der Waals surface area contributed by atoms with Crippen molar-refractivity contribution in [2.45, 2.75) is 13.5 Å². The van der Waals surface area contributed by atoms with Gasteiger partial charge in [0.2, 0.25) is 5.91 Å². The van der Waals surface area contributed by atoms with Crippen molar-refractivity contribution in [3.05, 3.63) is 88.0 Å². The van der Waals surface area contributed by atoms with Gasteiger partial charge in [-0.15, -0.1) is 0 Å². The number of nitrogen functional groups attached to an aromatic ring is 1. The highest BCUT2D eigenvalue weighted by atomic mass is 35.5. The number of hydrogen-bond donors (Lipinski definition) is 3. The number of rotatable bonds is 7. The average molecular weight is 538 g/mol. The number of nitrogens with one attached hydrogen (secondary N) is 2. The van der Waals surface area contributed by atoms with Crippen LogP contribution in [0.1, 0.15) is 11.3 Å². The number of hydrogen-bond acceptors (Lipinski definition) is 5. The minimum Gasteiger partial charge on any atom is -0.485 e. The van der Waals surface area contributed by atoms with Crippen molar-refractivity contribution >= 4 is 63.1 Å². The van der Waals surface area contributed by atoms with Gasteiger partial charge in [-0.25, -0.2) is 9.78 Å². The van der Waals surface area contributed by atoms with E-state index in [0.29, 0.717) is 55.0 Å². The van der Waals surface area contributed by atoms with E-state index in [1.54, 1.807) is 56.4 Å². The Labute approximate surface area is 224 Å². The van der Waals surface area contributed by atoms with Gasteiger partial charge in [0.15, 0.2) is 5.75 Å². The Hall–Kier alpha value is -4.01. The molecule has 1 heterocycles. The molecule has 0 unspecified atom stereocenters. The van der Waals surface area contributed by atoms with Crippen LogP contribution in [0.15, 0.2) is 66.7 Å². The maximum atomic E-state index is 13.2. The summed E-state index contributed by atoms with van der Waals surface area (Å²) in [5.41, 5.74) is 9.21. The number of aromatic nitrogens is 1. The number of halogens is 2. The Kier molecular flexibility index (Phi) is 8.01. The molecule has 3 aromatic carbocycles. The highest BCUT2D eigenvalue weighted by Crippen LogP contribution is 2.38. The zero-order chi connectivity index (χ0) is 26.5. The largest absolute Gasteiger partial charge is 0.485 e. The highest BCUT2D eigenvalue weighted by Gasteiger charge is 2.23. The van der Waals surface area contributed by atoms with Crippen molar-refractivity contribution in [2.75, 3.05) is 29.5 Å². The number of aryl methyl sites for hydroxylation is 1. The van der Waals surface area contributed by atoms with Crippen LogP contribution in [-0.4, -0.2) is 30.5 Å². The first-order valence-corrected chi connectivity index (χ1v) is 12.1. The quantitative estimate of drug-likeness (QED) is 0.258. The number of pyridine rings is 1. The minimum atomic E-state index is -0.534. The number of carbonyl (C=O) groups is 2. The zero-order valence-corrected chi connectivity index (χ0v) is 21.7. The lowest BCUT2D eigenvalue weighted by molar-refractivity contribution is -0.117. The second kappa shape index (κ2) is 11.4. The average Bonchev–Trinajstić information content (AvgIpc) is 2.86. The third-order valence-corrected chi connectivity index (χ3v) is 6.38. The molecule has 0 radical (unpaired) electrons. The molecule has 0 aliphatic carbocycles. The van der Waals surface area contributed by atoms with Crippen LogP contribution in [-0.2, 0) is 11.4 Å². The molecule has 1 aromatic heterocycles. The molecule has 0 saturated carbocycles. The molecule has 0 fully saturated rings. The molecule has 4 rings (SSSR count). The van der Waals surface area contributed by atoms with Gasteiger partial charge < -0.3 is 26.0 Å². The van der Waals surface area contributed by atoms with Crippen molar-refractivity contribution in [1.82, 2.24) is 10.3 Å². The van der Waals surface area contributed by atoms with E-state index >= 15 is 0 Å². The van der Waals surface area contributed by atoms with E-state index in [1.165, 1.54) is 4.90 Å². The summed E-state index contributed by atoms with van der Waals surface area (Å²) in [6.07, 6.45) is 0. The number of ether oxygens (including phenoxy) is 1. The molecule has 10 heteroatoms. The lowest BCUT2D eigenvalue weighted by Crippen LogP contribution is -2.40. The molecular formula is C27H25Cl2N5O3. The fourth-order valence-electron chi connectivity index (χ4n) is 3.81. The SMILES string of the molecule is Cc1nc2ccccc2c(N(C)C(=O)CNC(=O)Nc2cccc(N)c2)c1OCc1c(Cl)cccc1Cl. The first-order valence-electron chi connectivity index (χ1n) is 11.4. The standard InChI is InChI=1S/C27H25Cl2N5O3/c1-16-26(37-15-20-21(28)10-6-11-22(20)29)25(19-9-3-4-12-23(19)32-16)34(2)24(35)14-31-27(36)33-18-8-5-7-17(30)13-18/h3-13H,14-15,30H2,1-2H3,(H2,31,33,36). The number of likely N-dealkylation sites (N-methyl/N-ethyl adjacent to an activating group) is 1. The van der Waals surface area contributed by atoms with Gasteiger partial charge in [0, 0.05) is 39.4 Å². The van der Waals surface area contributed by atoms with Crippen LogP contribution in [0.4, 0.5) is 21.9 Å². The molecule has 4 N–H and O–H groups in total. The van der Waals surface area contributed by atoms with Crippen LogP contribution in [0.25, 0.3) is 10.9 Å². The predicted molar refractivity (Wildman–Crippen MR) is 149 cm³/mol. The molecule has 0 atom stereocenters. The maximum Gasteiger partial charge on any atom is 0.319 e. The number of nitrogens with zero attached hydrogens (tertiary/aromatic N) is 2. The predicted octanol–water partition coefficient (Wildman–Crippen LogP) is 5.80. The van der Waals surface area contributed by atoms with Gasteiger partial charge in [0.05, 0.1) is 23.4 Å². The number of fused-ring (bicyclic) bond motifs is 1. The van der Waals surface area contributed by atoms with Crippen molar-refractivity contribution in [3.63, 3.8) is 0 Å². The molecular weight excluding hydrogens is 513 g/mol. The smallest absolute Gasteiger partial charge is 0.319 e. The lowest BCUT2D eigenvalue weighted by atomic mass is 10.1. The molecule has 3 amide bonds. The fraction of sp³-hybridized carbons (Fsp3) is 0.148. The Balaban J connectivity index is 1.57. The lowest BCUT2D eigenvalue weighted by Gasteiger charge is -2.24. The summed E-state index contributed by atoms with van der Waals surface area (Å²) >= 11 is 12.6. The zero-order valence-electron chi connectivity index (χ0n) is 20.2. The summed E-state index contributed by atoms with van der Waals surface area (Å²) in [5.74, 6) is 0.0499. The molecule has 0 spiro atoms. The van der Waals surface area contributed by atoms with Crippen molar-refractivity contribution in [1.29, 1.82) is 0 Å². The van der Waals surface area contributed by atoms with E-state index in [2.05, 4.69) is 15.6 Å². The van der Waals surface area contributed by atoms with Crippen molar-refractivity contribution < 1.29 is 14.3 Å². The molecule has 190 valence electrons. The third-order valence-electron chi connectivity index (χ3n) is 5.67. The van der Waals surface area contributed by atoms with Crippen LogP contribution in [0.3, 0.4) is 0 Å². The van der Waals surface area contributed by atoms with Crippen LogP contribution in [0.2, 0.25) is 10.0 Å². The number of amides is 3. The first kappa shape index (κ1) is 26.1. The Morgan fingerprint density at radius 2 is 1.73 bits per heavy atom. The van der Waals surface area contributed by atoms with E-state index < -0.39 is 6.03 Å². The van der Waals surface area contributed by atoms with Crippen LogP contribution < -0.4 is 26.0 Å². The number of carbonyl (C=O) groups excluding carboxylic acids is 2. The molecule has 0 bridgehead atoms. The number of benzene rings is 3. The van der Waals surface area contributed by atoms with E-state index in [-0.39, 0.29) is 19.1 Å². The van der Waals surface area contributed by atoms with E-state index in [4.69, 9.17) is 33.7 Å². The fourth-order valence-corrected chi connectivity index (χ4v) is 4.31. The summed E-state index contributed by atoms with van der Waals surface area (Å²) < 4.78 is 6.17. The Morgan fingerprint density at radius 3 is 2.46 bits per heavy atom. The van der Waals surface area contributed by atoms with Crippen LogP contribution >= 0.6 is 23.2 Å². The van der Waals surface area contributed by atoms with Gasteiger partial charge in [0.1, 0.15) is 6.61 Å². The molecule has 0 aliphatic rings. The van der Waals surface area contributed by atoms with Gasteiger partial charge >= 0.3 is 6.03 Å². The number of urea groups is 1. The number of nitrogens with two attached hydrogens (primary N) is 1. The summed E-state index contributed by atoms with van der Waals surface area (Å²) in [4.78, 5) is 31.6. The van der Waals surface area contributed by atoms with Gasteiger partial charge in [0.25, 0.3) is 0 Å². The summed E-state index contributed by atoms with van der Waals surface area (Å²) in [7, 11) is 1.62. The van der Waals surface area contributed by atoms with Gasteiger partial charge in [-0.3, -0.25) is 4.79 Å². The van der Waals surface area contributed by atoms with E-state index in [0.717, 1.165) is 0 Å². The second-order valence-corrected chi connectivity index (χ2v) is 9.08. The summed E-state index contributed by atoms with van der Waals surface area (Å²) in [6, 6.07) is 18.9. The normalized spacial score (nSPS) is 10.7. The minimum absolute atomic E-state index is 0.0786. The molecule has 0 saturated heterocycles. The van der Waals surface area contributed by atoms with Crippen molar-refractivity contribution in [3.8, 4) is 5.75 Å². The molecule has 0 aliphatic heterocycles. The topological polar surface area (TPSA) is 110 Å². The second-order valence-electron chi connectivity index (χ2n) is 8.27.